The Kier molecular flexibility index (Phi) is 4.47. The highest BCUT2D eigenvalue weighted by molar-refractivity contribution is 14.1. The van der Waals surface area contributed by atoms with Gasteiger partial charge in [-0.1, -0.05) is 0 Å². The van der Waals surface area contributed by atoms with E-state index in [0.29, 0.717) is 0 Å². The van der Waals surface area contributed by atoms with Gasteiger partial charge in [-0.25, -0.2) is 0 Å². The molecule has 0 radical (unpaired) electrons. The van der Waals surface area contributed by atoms with Gasteiger partial charge in [-0.3, -0.25) is 0 Å². The predicted octanol–water partition coefficient (Wildman–Crippen LogP) is 1.85. The predicted molar refractivity (Wildman–Crippen MR) is 70.6 cm³/mol. The minimum Gasteiger partial charge on any atom is -0.399 e. The van der Waals surface area contributed by atoms with Crippen LogP contribution >= 0.6 is 22.6 Å². The number of hydrogen-bond donors (Lipinski definition) is 2. The van der Waals surface area contributed by atoms with Crippen molar-refractivity contribution in [1.82, 2.24) is 4.90 Å². The van der Waals surface area contributed by atoms with Crippen molar-refractivity contribution in [2.75, 3.05) is 38.2 Å². The summed E-state index contributed by atoms with van der Waals surface area (Å²) in [6.07, 6.45) is 0. The van der Waals surface area contributed by atoms with E-state index in [2.05, 4.69) is 46.9 Å². The average Bonchev–Trinajstić information content (AvgIpc) is 2.08. The molecule has 78 valence electrons. The van der Waals surface area contributed by atoms with Gasteiger partial charge in [-0.05, 0) is 54.9 Å². The van der Waals surface area contributed by atoms with Crippen LogP contribution in [0.4, 0.5) is 11.4 Å². The van der Waals surface area contributed by atoms with Gasteiger partial charge >= 0.3 is 0 Å². The van der Waals surface area contributed by atoms with Crippen molar-refractivity contribution in [3.05, 3.63) is 21.8 Å². The SMILES string of the molecule is CN(C)CCNc1ccc(N)cc1I. The largest absolute Gasteiger partial charge is 0.399 e. The number of halogens is 1. The molecular formula is C10H16IN3. The zero-order valence-corrected chi connectivity index (χ0v) is 10.7. The van der Waals surface area contributed by atoms with Crippen LogP contribution in [0.1, 0.15) is 0 Å². The monoisotopic (exact) mass is 305 g/mol. The Bertz CT molecular complexity index is 299. The molecule has 0 aromatic heterocycles. The number of nitrogens with two attached hydrogens (primary N) is 1. The fourth-order valence-corrected chi connectivity index (χ4v) is 1.82. The van der Waals surface area contributed by atoms with Crippen LogP contribution in [-0.2, 0) is 0 Å². The molecule has 0 bridgehead atoms. The number of nitrogens with one attached hydrogen (secondary N) is 1. The number of benzene rings is 1. The van der Waals surface area contributed by atoms with E-state index >= 15 is 0 Å². The third kappa shape index (κ3) is 3.71. The van der Waals surface area contributed by atoms with Crippen LogP contribution in [0, 0.1) is 3.57 Å². The lowest BCUT2D eigenvalue weighted by molar-refractivity contribution is 0.425. The number of anilines is 2. The Morgan fingerprint density at radius 2 is 2.14 bits per heavy atom. The molecule has 3 N–H and O–H groups in total. The molecule has 0 saturated heterocycles. The minimum atomic E-state index is 0.813. The molecule has 1 aromatic carbocycles. The second kappa shape index (κ2) is 5.41. The van der Waals surface area contributed by atoms with E-state index < -0.39 is 0 Å². The maximum atomic E-state index is 5.66. The summed E-state index contributed by atoms with van der Waals surface area (Å²) in [6, 6.07) is 5.91. The highest BCUT2D eigenvalue weighted by Gasteiger charge is 1.98. The fourth-order valence-electron chi connectivity index (χ4n) is 1.09. The van der Waals surface area contributed by atoms with Crippen LogP contribution in [0.3, 0.4) is 0 Å². The number of likely N-dealkylation sites (N-methyl/N-ethyl adjacent to an activating group) is 1. The van der Waals surface area contributed by atoms with Crippen LogP contribution < -0.4 is 11.1 Å². The van der Waals surface area contributed by atoms with Gasteiger partial charge in [-0.2, -0.15) is 0 Å². The molecule has 3 nitrogen and oxygen atoms in total. The molecule has 0 spiro atoms. The van der Waals surface area contributed by atoms with Gasteiger partial charge in [0, 0.05) is 28.0 Å². The van der Waals surface area contributed by atoms with Gasteiger partial charge in [0.1, 0.15) is 0 Å². The van der Waals surface area contributed by atoms with Crippen LogP contribution in [-0.4, -0.2) is 32.1 Å². The summed E-state index contributed by atoms with van der Waals surface area (Å²) in [5.41, 5.74) is 7.63. The summed E-state index contributed by atoms with van der Waals surface area (Å²) in [4.78, 5) is 2.15. The first-order chi connectivity index (χ1) is 6.59. The maximum Gasteiger partial charge on any atom is 0.0477 e. The molecule has 1 rings (SSSR count). The molecular weight excluding hydrogens is 289 g/mol. The lowest BCUT2D eigenvalue weighted by Gasteiger charge is -2.12. The molecule has 14 heavy (non-hydrogen) atoms. The molecule has 0 aliphatic heterocycles. The van der Waals surface area contributed by atoms with Crippen LogP contribution in [0.25, 0.3) is 0 Å². The normalized spacial score (nSPS) is 10.6. The Labute approximate surface area is 98.8 Å². The van der Waals surface area contributed by atoms with Gasteiger partial charge in [-0.15, -0.1) is 0 Å². The van der Waals surface area contributed by atoms with Crippen molar-refractivity contribution in [3.8, 4) is 0 Å². The second-order valence-corrected chi connectivity index (χ2v) is 4.63. The van der Waals surface area contributed by atoms with Gasteiger partial charge in [0.2, 0.25) is 0 Å². The number of hydrogen-bond acceptors (Lipinski definition) is 3. The first-order valence-electron chi connectivity index (χ1n) is 4.53. The van der Waals surface area contributed by atoms with Gasteiger partial charge in [0.15, 0.2) is 0 Å². The molecule has 0 unspecified atom stereocenters. The van der Waals surface area contributed by atoms with Crippen molar-refractivity contribution in [2.45, 2.75) is 0 Å². The standard InChI is InChI=1S/C10H16IN3/c1-14(2)6-5-13-10-4-3-8(12)7-9(10)11/h3-4,7,13H,5-6,12H2,1-2H3. The Hall–Kier alpha value is -0.490. The number of rotatable bonds is 4. The van der Waals surface area contributed by atoms with E-state index in [1.165, 1.54) is 3.57 Å². The minimum absolute atomic E-state index is 0.813. The number of nitrogen functional groups attached to an aromatic ring is 1. The van der Waals surface area contributed by atoms with Crippen molar-refractivity contribution < 1.29 is 0 Å². The lowest BCUT2D eigenvalue weighted by Crippen LogP contribution is -2.21. The van der Waals surface area contributed by atoms with E-state index in [9.17, 15) is 0 Å². The quantitative estimate of drug-likeness (QED) is 0.659. The Morgan fingerprint density at radius 1 is 1.43 bits per heavy atom. The summed E-state index contributed by atoms with van der Waals surface area (Å²) >= 11 is 2.29. The molecule has 1 aromatic rings. The smallest absolute Gasteiger partial charge is 0.0477 e. The highest BCUT2D eigenvalue weighted by atomic mass is 127. The molecule has 0 amide bonds. The summed E-state index contributed by atoms with van der Waals surface area (Å²) in [7, 11) is 4.13. The average molecular weight is 305 g/mol. The van der Waals surface area contributed by atoms with Crippen LogP contribution in [0.2, 0.25) is 0 Å². The van der Waals surface area contributed by atoms with Crippen LogP contribution in [0.5, 0.6) is 0 Å². The zero-order valence-electron chi connectivity index (χ0n) is 8.55. The van der Waals surface area contributed by atoms with E-state index in [4.69, 9.17) is 5.73 Å². The zero-order chi connectivity index (χ0) is 10.6. The third-order valence-corrected chi connectivity index (χ3v) is 2.76. The fraction of sp³-hybridized carbons (Fsp3) is 0.400. The topological polar surface area (TPSA) is 41.3 Å². The van der Waals surface area contributed by atoms with E-state index in [1.807, 2.05) is 18.2 Å². The molecule has 0 fully saturated rings. The summed E-state index contributed by atoms with van der Waals surface area (Å²) < 4.78 is 1.17. The summed E-state index contributed by atoms with van der Waals surface area (Å²) in [5, 5.41) is 3.37. The van der Waals surface area contributed by atoms with Crippen molar-refractivity contribution in [2.24, 2.45) is 0 Å². The molecule has 0 heterocycles. The highest BCUT2D eigenvalue weighted by Crippen LogP contribution is 2.20. The first kappa shape index (κ1) is 11.6. The van der Waals surface area contributed by atoms with Gasteiger partial charge in [0.05, 0.1) is 0 Å². The molecule has 0 atom stereocenters. The third-order valence-electron chi connectivity index (χ3n) is 1.87. The van der Waals surface area contributed by atoms with E-state index in [0.717, 1.165) is 24.5 Å². The Balaban J connectivity index is 2.51. The first-order valence-corrected chi connectivity index (χ1v) is 5.61. The Morgan fingerprint density at radius 3 is 2.71 bits per heavy atom. The van der Waals surface area contributed by atoms with Crippen molar-refractivity contribution in [3.63, 3.8) is 0 Å². The molecule has 4 heteroatoms. The van der Waals surface area contributed by atoms with Gasteiger partial charge in [0.25, 0.3) is 0 Å². The number of nitrogens with zero attached hydrogens (tertiary/aromatic N) is 1. The molecule has 0 aliphatic rings. The van der Waals surface area contributed by atoms with Gasteiger partial charge < -0.3 is 16.0 Å². The maximum absolute atomic E-state index is 5.66. The molecule has 0 aliphatic carbocycles. The summed E-state index contributed by atoms with van der Waals surface area (Å²) in [5.74, 6) is 0. The second-order valence-electron chi connectivity index (χ2n) is 3.47. The summed E-state index contributed by atoms with van der Waals surface area (Å²) in [6.45, 7) is 1.98. The van der Waals surface area contributed by atoms with Crippen molar-refractivity contribution in [1.29, 1.82) is 0 Å². The molecule has 0 saturated carbocycles. The lowest BCUT2D eigenvalue weighted by atomic mass is 10.3. The van der Waals surface area contributed by atoms with E-state index in [1.54, 1.807) is 0 Å². The van der Waals surface area contributed by atoms with Crippen LogP contribution in [0.15, 0.2) is 18.2 Å². The van der Waals surface area contributed by atoms with E-state index in [-0.39, 0.29) is 0 Å². The van der Waals surface area contributed by atoms with Crippen molar-refractivity contribution >= 4 is 34.0 Å².